The zero-order valence-electron chi connectivity index (χ0n) is 12.6. The molecule has 0 amide bonds. The molecule has 4 rings (SSSR count). The number of ether oxygens (including phenoxy) is 1. The fourth-order valence-corrected chi connectivity index (χ4v) is 2.70. The van der Waals surface area contributed by atoms with Gasteiger partial charge in [-0.1, -0.05) is 48.5 Å². The van der Waals surface area contributed by atoms with Crippen molar-refractivity contribution in [2.75, 3.05) is 0 Å². The van der Waals surface area contributed by atoms with E-state index in [1.54, 1.807) is 6.33 Å². The summed E-state index contributed by atoms with van der Waals surface area (Å²) in [5.74, 6) is 0.841. The van der Waals surface area contributed by atoms with Gasteiger partial charge >= 0.3 is 0 Å². The standard InChI is InChI=1S/C20H16N2O/c1-2-6-17-11-15(9-10-16(17)5-1)13-23-20-8-4-3-7-18(20)19-12-21-14-22-19/h1-12,14H,13H2,(H,21,22). The second kappa shape index (κ2) is 5.97. The molecule has 0 fully saturated rings. The van der Waals surface area contributed by atoms with E-state index in [2.05, 4.69) is 52.4 Å². The summed E-state index contributed by atoms with van der Waals surface area (Å²) in [7, 11) is 0. The van der Waals surface area contributed by atoms with E-state index in [0.29, 0.717) is 6.61 Å². The minimum atomic E-state index is 0.534. The average Bonchev–Trinajstić information content (AvgIpc) is 3.14. The number of aromatic nitrogens is 2. The number of imidazole rings is 1. The summed E-state index contributed by atoms with van der Waals surface area (Å²) in [6.07, 6.45) is 3.55. The molecule has 0 bridgehead atoms. The molecule has 0 aliphatic carbocycles. The SMILES string of the molecule is c1ccc(-c2c[nH]cn2)c(OCc2ccc3ccccc3c2)c1. The average molecular weight is 300 g/mol. The molecule has 23 heavy (non-hydrogen) atoms. The van der Waals surface area contributed by atoms with Crippen molar-refractivity contribution in [3.05, 3.63) is 84.8 Å². The lowest BCUT2D eigenvalue weighted by atomic mass is 10.1. The van der Waals surface area contributed by atoms with E-state index < -0.39 is 0 Å². The number of nitrogens with one attached hydrogen (secondary N) is 1. The zero-order valence-corrected chi connectivity index (χ0v) is 12.6. The van der Waals surface area contributed by atoms with Gasteiger partial charge in [0.2, 0.25) is 0 Å². The fraction of sp³-hybridized carbons (Fsp3) is 0.0500. The molecule has 0 aliphatic rings. The number of rotatable bonds is 4. The number of fused-ring (bicyclic) bond motifs is 1. The molecule has 1 heterocycles. The van der Waals surface area contributed by atoms with Crippen LogP contribution in [0.5, 0.6) is 5.75 Å². The maximum atomic E-state index is 6.04. The third-order valence-corrected chi connectivity index (χ3v) is 3.87. The van der Waals surface area contributed by atoms with Crippen LogP contribution in [-0.4, -0.2) is 9.97 Å². The molecule has 3 heteroatoms. The first kappa shape index (κ1) is 13.6. The topological polar surface area (TPSA) is 37.9 Å². The Morgan fingerprint density at radius 3 is 2.57 bits per heavy atom. The van der Waals surface area contributed by atoms with E-state index in [0.717, 1.165) is 22.6 Å². The zero-order chi connectivity index (χ0) is 15.5. The Morgan fingerprint density at radius 1 is 0.870 bits per heavy atom. The van der Waals surface area contributed by atoms with Gasteiger partial charge in [0.25, 0.3) is 0 Å². The minimum Gasteiger partial charge on any atom is -0.488 e. The number of nitrogens with zero attached hydrogens (tertiary/aromatic N) is 1. The largest absolute Gasteiger partial charge is 0.488 e. The van der Waals surface area contributed by atoms with Crippen molar-refractivity contribution in [2.45, 2.75) is 6.61 Å². The maximum Gasteiger partial charge on any atom is 0.129 e. The van der Waals surface area contributed by atoms with Gasteiger partial charge in [-0.2, -0.15) is 0 Å². The van der Waals surface area contributed by atoms with E-state index >= 15 is 0 Å². The number of para-hydroxylation sites is 1. The summed E-state index contributed by atoms with van der Waals surface area (Å²) in [4.78, 5) is 7.29. The summed E-state index contributed by atoms with van der Waals surface area (Å²) in [5, 5.41) is 2.47. The highest BCUT2D eigenvalue weighted by molar-refractivity contribution is 5.83. The monoisotopic (exact) mass is 300 g/mol. The second-order valence-corrected chi connectivity index (χ2v) is 5.42. The highest BCUT2D eigenvalue weighted by Crippen LogP contribution is 2.28. The van der Waals surface area contributed by atoms with Crippen LogP contribution in [0.4, 0.5) is 0 Å². The molecular formula is C20H16N2O. The number of H-pyrrole nitrogens is 1. The normalized spacial score (nSPS) is 10.8. The van der Waals surface area contributed by atoms with Gasteiger partial charge in [0.1, 0.15) is 12.4 Å². The van der Waals surface area contributed by atoms with Gasteiger partial charge in [-0.05, 0) is 34.5 Å². The van der Waals surface area contributed by atoms with Crippen LogP contribution >= 0.6 is 0 Å². The molecule has 4 aromatic rings. The Hall–Kier alpha value is -3.07. The Morgan fingerprint density at radius 2 is 1.70 bits per heavy atom. The van der Waals surface area contributed by atoms with Crippen LogP contribution < -0.4 is 4.74 Å². The summed E-state index contributed by atoms with van der Waals surface area (Å²) >= 11 is 0. The third kappa shape index (κ3) is 2.81. The van der Waals surface area contributed by atoms with Crippen molar-refractivity contribution in [3.63, 3.8) is 0 Å². The first-order chi connectivity index (χ1) is 11.4. The lowest BCUT2D eigenvalue weighted by Crippen LogP contribution is -1.97. The Labute approximate surface area is 134 Å². The van der Waals surface area contributed by atoms with Crippen LogP contribution in [0.25, 0.3) is 22.0 Å². The molecule has 3 nitrogen and oxygen atoms in total. The van der Waals surface area contributed by atoms with Crippen LogP contribution in [-0.2, 0) is 6.61 Å². The molecule has 1 N–H and O–H groups in total. The van der Waals surface area contributed by atoms with Crippen LogP contribution in [0.15, 0.2) is 79.3 Å². The van der Waals surface area contributed by atoms with Gasteiger partial charge in [-0.25, -0.2) is 4.98 Å². The second-order valence-electron chi connectivity index (χ2n) is 5.42. The molecule has 112 valence electrons. The Bertz CT molecular complexity index is 929. The minimum absolute atomic E-state index is 0.534. The molecule has 0 spiro atoms. The van der Waals surface area contributed by atoms with Crippen molar-refractivity contribution < 1.29 is 4.74 Å². The third-order valence-electron chi connectivity index (χ3n) is 3.87. The number of hydrogen-bond acceptors (Lipinski definition) is 2. The van der Waals surface area contributed by atoms with Crippen molar-refractivity contribution in [2.24, 2.45) is 0 Å². The van der Waals surface area contributed by atoms with E-state index in [1.165, 1.54) is 10.8 Å². The summed E-state index contributed by atoms with van der Waals surface area (Å²) in [6, 6.07) is 22.7. The molecule has 3 aromatic carbocycles. The fourth-order valence-electron chi connectivity index (χ4n) is 2.70. The van der Waals surface area contributed by atoms with Gasteiger partial charge < -0.3 is 9.72 Å². The van der Waals surface area contributed by atoms with E-state index in [4.69, 9.17) is 4.74 Å². The predicted molar refractivity (Wildman–Crippen MR) is 92.3 cm³/mol. The van der Waals surface area contributed by atoms with Crippen LogP contribution in [0.1, 0.15) is 5.56 Å². The summed E-state index contributed by atoms with van der Waals surface area (Å²) in [5.41, 5.74) is 3.04. The summed E-state index contributed by atoms with van der Waals surface area (Å²) < 4.78 is 6.04. The predicted octanol–water partition coefficient (Wildman–Crippen LogP) is 4.81. The molecule has 0 radical (unpaired) electrons. The molecular weight excluding hydrogens is 284 g/mol. The Balaban J connectivity index is 1.59. The number of benzene rings is 3. The maximum absolute atomic E-state index is 6.04. The van der Waals surface area contributed by atoms with E-state index in [-0.39, 0.29) is 0 Å². The Kier molecular flexibility index (Phi) is 3.53. The number of aromatic amines is 1. The molecule has 0 aliphatic heterocycles. The van der Waals surface area contributed by atoms with Crippen molar-refractivity contribution in [1.29, 1.82) is 0 Å². The first-order valence-corrected chi connectivity index (χ1v) is 7.59. The first-order valence-electron chi connectivity index (χ1n) is 7.59. The van der Waals surface area contributed by atoms with Gasteiger partial charge in [-0.3, -0.25) is 0 Å². The van der Waals surface area contributed by atoms with Gasteiger partial charge in [0.05, 0.1) is 12.0 Å². The van der Waals surface area contributed by atoms with E-state index in [1.807, 2.05) is 30.5 Å². The smallest absolute Gasteiger partial charge is 0.129 e. The molecule has 0 saturated heterocycles. The lowest BCUT2D eigenvalue weighted by molar-refractivity contribution is 0.307. The van der Waals surface area contributed by atoms with Gasteiger partial charge in [0, 0.05) is 11.8 Å². The van der Waals surface area contributed by atoms with Crippen LogP contribution in [0.2, 0.25) is 0 Å². The van der Waals surface area contributed by atoms with Gasteiger partial charge in [0.15, 0.2) is 0 Å². The molecule has 1 aromatic heterocycles. The highest BCUT2D eigenvalue weighted by Gasteiger charge is 2.07. The van der Waals surface area contributed by atoms with Crippen LogP contribution in [0.3, 0.4) is 0 Å². The highest BCUT2D eigenvalue weighted by atomic mass is 16.5. The lowest BCUT2D eigenvalue weighted by Gasteiger charge is -2.10. The summed E-state index contributed by atoms with van der Waals surface area (Å²) in [6.45, 7) is 0.534. The molecule has 0 unspecified atom stereocenters. The van der Waals surface area contributed by atoms with Gasteiger partial charge in [-0.15, -0.1) is 0 Å². The number of hydrogen-bond donors (Lipinski definition) is 1. The molecule has 0 saturated carbocycles. The van der Waals surface area contributed by atoms with Crippen molar-refractivity contribution in [1.82, 2.24) is 9.97 Å². The van der Waals surface area contributed by atoms with Crippen molar-refractivity contribution >= 4 is 10.8 Å². The van der Waals surface area contributed by atoms with Crippen molar-refractivity contribution in [3.8, 4) is 17.0 Å². The quantitative estimate of drug-likeness (QED) is 0.587. The van der Waals surface area contributed by atoms with E-state index in [9.17, 15) is 0 Å². The molecule has 0 atom stereocenters. The van der Waals surface area contributed by atoms with Crippen LogP contribution in [0, 0.1) is 0 Å².